The summed E-state index contributed by atoms with van der Waals surface area (Å²) in [6.45, 7) is 0.775. The van der Waals surface area contributed by atoms with Crippen LogP contribution in [0.25, 0.3) is 0 Å². The minimum Gasteiger partial charge on any atom is -0.396 e. The van der Waals surface area contributed by atoms with Crippen LogP contribution in [0.1, 0.15) is 65.7 Å². The van der Waals surface area contributed by atoms with E-state index in [0.29, 0.717) is 17.1 Å². The molecular formula is C27H33N3O2S. The maximum absolute atomic E-state index is 12.5. The van der Waals surface area contributed by atoms with Gasteiger partial charge in [-0.15, -0.1) is 11.3 Å². The predicted octanol–water partition coefficient (Wildman–Crippen LogP) is 6.06. The summed E-state index contributed by atoms with van der Waals surface area (Å²) >= 11 is 1.37. The van der Waals surface area contributed by atoms with Gasteiger partial charge < -0.3 is 10.4 Å². The first-order chi connectivity index (χ1) is 16.2. The Labute approximate surface area is 200 Å². The number of hydrogen-bond acceptors (Lipinski definition) is 5. The van der Waals surface area contributed by atoms with Crippen LogP contribution in [0, 0.1) is 5.92 Å². The van der Waals surface area contributed by atoms with E-state index in [1.807, 2.05) is 29.6 Å². The number of aryl methyl sites for hydroxylation is 1. The van der Waals surface area contributed by atoms with Gasteiger partial charge in [0.1, 0.15) is 0 Å². The topological polar surface area (TPSA) is 74.2 Å². The molecule has 1 amide bonds. The van der Waals surface area contributed by atoms with Crippen molar-refractivity contribution in [3.8, 4) is 0 Å². The van der Waals surface area contributed by atoms with Gasteiger partial charge in [-0.1, -0.05) is 62.4 Å². The van der Waals surface area contributed by atoms with Gasteiger partial charge in [-0.25, -0.2) is 4.98 Å². The second-order valence-electron chi connectivity index (χ2n) is 8.82. The summed E-state index contributed by atoms with van der Waals surface area (Å²) < 4.78 is 0. The van der Waals surface area contributed by atoms with E-state index >= 15 is 0 Å². The maximum Gasteiger partial charge on any atom is 0.257 e. The zero-order valence-corrected chi connectivity index (χ0v) is 19.9. The van der Waals surface area contributed by atoms with E-state index in [0.717, 1.165) is 30.1 Å². The van der Waals surface area contributed by atoms with Crippen molar-refractivity contribution in [2.75, 3.05) is 17.2 Å². The predicted molar refractivity (Wildman–Crippen MR) is 136 cm³/mol. The van der Waals surface area contributed by atoms with Crippen molar-refractivity contribution in [1.29, 1.82) is 0 Å². The fourth-order valence-corrected chi connectivity index (χ4v) is 5.22. The van der Waals surface area contributed by atoms with Gasteiger partial charge in [-0.3, -0.25) is 10.1 Å². The highest BCUT2D eigenvalue weighted by Gasteiger charge is 2.14. The Hall–Kier alpha value is -2.70. The third-order valence-electron chi connectivity index (χ3n) is 6.40. The van der Waals surface area contributed by atoms with Crippen molar-refractivity contribution in [3.05, 3.63) is 76.3 Å². The fraction of sp³-hybridized carbons (Fsp3) is 0.407. The summed E-state index contributed by atoms with van der Waals surface area (Å²) in [5, 5.41) is 17.8. The van der Waals surface area contributed by atoms with E-state index in [-0.39, 0.29) is 12.5 Å². The molecule has 1 saturated carbocycles. The van der Waals surface area contributed by atoms with Crippen LogP contribution in [0.15, 0.2) is 53.9 Å². The Morgan fingerprint density at radius 2 is 1.82 bits per heavy atom. The molecule has 174 valence electrons. The lowest BCUT2D eigenvalue weighted by molar-refractivity contribution is 0.102. The number of aromatic nitrogens is 1. The smallest absolute Gasteiger partial charge is 0.257 e. The van der Waals surface area contributed by atoms with E-state index in [4.69, 9.17) is 5.11 Å². The second-order valence-corrected chi connectivity index (χ2v) is 9.68. The molecule has 0 aliphatic heterocycles. The number of rotatable bonds is 10. The minimum atomic E-state index is -0.174. The standard InChI is InChI=1S/C27H33N3O2S/c31-17-16-24-19-33-27(29-24)30-26(32)23-14-11-21(12-15-23)18-28-25-9-5-4-8-22(25)13-10-20-6-2-1-3-7-20/h4-5,8-9,11-12,14-15,19-20,28,31H,1-3,6-7,10,13,16-18H2,(H,29,30,32). The molecule has 3 N–H and O–H groups in total. The lowest BCUT2D eigenvalue weighted by Crippen LogP contribution is -2.12. The number of amides is 1. The first kappa shape index (κ1) is 23.5. The van der Waals surface area contributed by atoms with Crippen LogP contribution in [-0.2, 0) is 19.4 Å². The molecule has 1 fully saturated rings. The molecule has 1 aliphatic rings. The molecule has 0 saturated heterocycles. The number of aliphatic hydroxyl groups excluding tert-OH is 1. The zero-order valence-electron chi connectivity index (χ0n) is 19.1. The number of hydrogen-bond donors (Lipinski definition) is 3. The first-order valence-electron chi connectivity index (χ1n) is 12.0. The van der Waals surface area contributed by atoms with Crippen molar-refractivity contribution in [2.24, 2.45) is 5.92 Å². The Kier molecular flexibility index (Phi) is 8.50. The quantitative estimate of drug-likeness (QED) is 0.342. The van der Waals surface area contributed by atoms with Gasteiger partial charge >= 0.3 is 0 Å². The van der Waals surface area contributed by atoms with E-state index in [1.54, 1.807) is 0 Å². The molecule has 1 aliphatic carbocycles. The average molecular weight is 464 g/mol. The van der Waals surface area contributed by atoms with E-state index < -0.39 is 0 Å². The van der Waals surface area contributed by atoms with E-state index in [1.165, 1.54) is 61.1 Å². The molecule has 0 spiro atoms. The minimum absolute atomic E-state index is 0.0532. The van der Waals surface area contributed by atoms with Gasteiger partial charge in [-0.2, -0.15) is 0 Å². The first-order valence-corrected chi connectivity index (χ1v) is 12.9. The lowest BCUT2D eigenvalue weighted by atomic mass is 9.85. The van der Waals surface area contributed by atoms with Crippen molar-refractivity contribution in [3.63, 3.8) is 0 Å². The second kappa shape index (κ2) is 12.0. The van der Waals surface area contributed by atoms with Crippen molar-refractivity contribution < 1.29 is 9.90 Å². The monoisotopic (exact) mass is 463 g/mol. The molecule has 2 aromatic carbocycles. The van der Waals surface area contributed by atoms with Crippen LogP contribution in [-0.4, -0.2) is 22.6 Å². The van der Waals surface area contributed by atoms with Gasteiger partial charge in [-0.05, 0) is 48.1 Å². The Morgan fingerprint density at radius 3 is 2.61 bits per heavy atom. The summed E-state index contributed by atoms with van der Waals surface area (Å²) in [4.78, 5) is 16.8. The molecule has 5 nitrogen and oxygen atoms in total. The zero-order chi connectivity index (χ0) is 22.9. The molecule has 33 heavy (non-hydrogen) atoms. The van der Waals surface area contributed by atoms with Gasteiger partial charge in [0.2, 0.25) is 0 Å². The summed E-state index contributed by atoms with van der Waals surface area (Å²) in [5.41, 5.74) is 5.12. The lowest BCUT2D eigenvalue weighted by Gasteiger charge is -2.22. The molecular weight excluding hydrogens is 430 g/mol. The van der Waals surface area contributed by atoms with Crippen LogP contribution in [0.2, 0.25) is 0 Å². The summed E-state index contributed by atoms with van der Waals surface area (Å²) in [5.74, 6) is 0.712. The molecule has 1 heterocycles. The molecule has 6 heteroatoms. The van der Waals surface area contributed by atoms with Gasteiger partial charge in [0, 0.05) is 36.2 Å². The number of carbonyl (C=O) groups is 1. The van der Waals surface area contributed by atoms with Crippen molar-refractivity contribution in [2.45, 2.75) is 57.9 Å². The van der Waals surface area contributed by atoms with Crippen LogP contribution in [0.3, 0.4) is 0 Å². The summed E-state index contributed by atoms with van der Waals surface area (Å²) in [6, 6.07) is 16.3. The van der Waals surface area contributed by atoms with Gasteiger partial charge in [0.05, 0.1) is 5.69 Å². The van der Waals surface area contributed by atoms with Gasteiger partial charge in [0.25, 0.3) is 5.91 Å². The molecule has 4 rings (SSSR count). The largest absolute Gasteiger partial charge is 0.396 e. The number of thiazole rings is 1. The normalized spacial score (nSPS) is 14.2. The highest BCUT2D eigenvalue weighted by molar-refractivity contribution is 7.14. The highest BCUT2D eigenvalue weighted by atomic mass is 32.1. The molecule has 1 aromatic heterocycles. The number of aliphatic hydroxyl groups is 1. The molecule has 0 atom stereocenters. The number of nitrogens with one attached hydrogen (secondary N) is 2. The third-order valence-corrected chi connectivity index (χ3v) is 7.21. The average Bonchev–Trinajstić information content (AvgIpc) is 3.30. The third kappa shape index (κ3) is 6.89. The maximum atomic E-state index is 12.5. The van der Waals surface area contributed by atoms with Crippen molar-refractivity contribution >= 4 is 28.1 Å². The van der Waals surface area contributed by atoms with Gasteiger partial charge in [0.15, 0.2) is 5.13 Å². The van der Waals surface area contributed by atoms with E-state index in [2.05, 4.69) is 39.9 Å². The van der Waals surface area contributed by atoms with Crippen LogP contribution in [0.5, 0.6) is 0 Å². The Balaban J connectivity index is 1.29. The number of anilines is 2. The molecule has 3 aromatic rings. The number of nitrogens with zero attached hydrogens (tertiary/aromatic N) is 1. The van der Waals surface area contributed by atoms with Crippen LogP contribution >= 0.6 is 11.3 Å². The summed E-state index contributed by atoms with van der Waals surface area (Å²) in [6.07, 6.45) is 9.89. The van der Waals surface area contributed by atoms with E-state index in [9.17, 15) is 4.79 Å². The number of benzene rings is 2. The highest BCUT2D eigenvalue weighted by Crippen LogP contribution is 2.29. The molecule has 0 radical (unpaired) electrons. The molecule has 0 unspecified atom stereocenters. The Morgan fingerprint density at radius 1 is 1.03 bits per heavy atom. The van der Waals surface area contributed by atoms with Crippen LogP contribution < -0.4 is 10.6 Å². The fourth-order valence-electron chi connectivity index (χ4n) is 4.48. The van der Waals surface area contributed by atoms with Crippen molar-refractivity contribution in [1.82, 2.24) is 4.98 Å². The Bertz CT molecular complexity index is 1030. The van der Waals surface area contributed by atoms with Crippen LogP contribution in [0.4, 0.5) is 10.8 Å². The SMILES string of the molecule is O=C(Nc1nc(CCO)cs1)c1ccc(CNc2ccccc2CCC2CCCCC2)cc1. The number of carbonyl (C=O) groups excluding carboxylic acids is 1. The molecule has 0 bridgehead atoms. The number of para-hydroxylation sites is 1. The summed E-state index contributed by atoms with van der Waals surface area (Å²) in [7, 11) is 0.